The first kappa shape index (κ1) is 17.1. The zero-order valence-electron chi connectivity index (χ0n) is 14.9. The summed E-state index contributed by atoms with van der Waals surface area (Å²) in [6, 6.07) is 10.3. The van der Waals surface area contributed by atoms with Gasteiger partial charge in [-0.2, -0.15) is 10.1 Å². The second-order valence-electron chi connectivity index (χ2n) is 6.52. The van der Waals surface area contributed by atoms with Gasteiger partial charge < -0.3 is 9.84 Å². The van der Waals surface area contributed by atoms with E-state index in [9.17, 15) is 9.59 Å². The molecule has 138 valence electrons. The Morgan fingerprint density at radius 3 is 2.93 bits per heavy atom. The number of aryl methyl sites for hydroxylation is 2. The smallest absolute Gasteiger partial charge is 0.267 e. The van der Waals surface area contributed by atoms with E-state index in [4.69, 9.17) is 4.52 Å². The lowest BCUT2D eigenvalue weighted by molar-refractivity contribution is -0.124. The molecule has 1 amide bonds. The van der Waals surface area contributed by atoms with Crippen molar-refractivity contribution >= 4 is 5.91 Å². The Morgan fingerprint density at radius 2 is 2.11 bits per heavy atom. The van der Waals surface area contributed by atoms with Gasteiger partial charge in [0.25, 0.3) is 5.56 Å². The average Bonchev–Trinajstić information content (AvgIpc) is 3.34. The second kappa shape index (κ2) is 7.14. The van der Waals surface area contributed by atoms with Gasteiger partial charge in [0.15, 0.2) is 0 Å². The Labute approximate surface area is 155 Å². The summed E-state index contributed by atoms with van der Waals surface area (Å²) >= 11 is 0. The van der Waals surface area contributed by atoms with E-state index in [1.807, 2.05) is 30.3 Å². The number of fused-ring (bicyclic) bond motifs is 1. The Kier molecular flexibility index (Phi) is 4.53. The lowest BCUT2D eigenvalue weighted by Gasteiger charge is -2.14. The maximum Gasteiger partial charge on any atom is 0.267 e. The molecule has 1 aromatic carbocycles. The van der Waals surface area contributed by atoms with Crippen molar-refractivity contribution in [1.82, 2.24) is 25.2 Å². The molecule has 27 heavy (non-hydrogen) atoms. The third-order valence-electron chi connectivity index (χ3n) is 4.64. The van der Waals surface area contributed by atoms with Gasteiger partial charge in [0.1, 0.15) is 6.04 Å². The van der Waals surface area contributed by atoms with Gasteiger partial charge in [-0.15, -0.1) is 0 Å². The predicted octanol–water partition coefficient (Wildman–Crippen LogP) is 1.66. The monoisotopic (exact) mass is 365 g/mol. The van der Waals surface area contributed by atoms with Gasteiger partial charge in [-0.1, -0.05) is 35.5 Å². The highest BCUT2D eigenvalue weighted by molar-refractivity contribution is 5.79. The van der Waals surface area contributed by atoms with Crippen LogP contribution in [-0.2, 0) is 24.2 Å². The van der Waals surface area contributed by atoms with Crippen molar-refractivity contribution < 1.29 is 9.32 Å². The molecule has 8 heteroatoms. The molecule has 0 bridgehead atoms. The zero-order chi connectivity index (χ0) is 18.8. The molecule has 1 atom stereocenters. The van der Waals surface area contributed by atoms with E-state index in [-0.39, 0.29) is 18.0 Å². The van der Waals surface area contributed by atoms with Crippen LogP contribution in [0.1, 0.15) is 36.5 Å². The van der Waals surface area contributed by atoms with Gasteiger partial charge in [0.05, 0.1) is 12.2 Å². The van der Waals surface area contributed by atoms with E-state index < -0.39 is 6.04 Å². The van der Waals surface area contributed by atoms with Crippen molar-refractivity contribution in [1.29, 1.82) is 0 Å². The van der Waals surface area contributed by atoms with Crippen LogP contribution in [0.25, 0.3) is 11.4 Å². The molecule has 0 aliphatic heterocycles. The van der Waals surface area contributed by atoms with Gasteiger partial charge in [0, 0.05) is 11.6 Å². The number of nitrogens with zero attached hydrogens (tertiary/aromatic N) is 4. The molecule has 2 heterocycles. The van der Waals surface area contributed by atoms with Crippen LogP contribution < -0.4 is 10.9 Å². The van der Waals surface area contributed by atoms with Crippen molar-refractivity contribution in [2.24, 2.45) is 0 Å². The van der Waals surface area contributed by atoms with E-state index in [1.165, 1.54) is 4.68 Å². The SMILES string of the molecule is C[C@@H](C(=O)NCc1nc(-c2ccccc2)no1)n1nc2c(cc1=O)CCC2. The standard InChI is InChI=1S/C19H19N5O3/c1-12(24-17(25)10-14-8-5-9-15(14)22-24)19(26)20-11-16-21-18(23-27-16)13-6-3-2-4-7-13/h2-4,6-7,10,12H,5,8-9,11H2,1H3,(H,20,26)/t12-/m0/s1. The molecule has 0 unspecified atom stereocenters. The summed E-state index contributed by atoms with van der Waals surface area (Å²) in [6.07, 6.45) is 2.71. The summed E-state index contributed by atoms with van der Waals surface area (Å²) in [5, 5.41) is 11.0. The number of hydrogen-bond acceptors (Lipinski definition) is 6. The number of benzene rings is 1. The molecule has 0 fully saturated rings. The highest BCUT2D eigenvalue weighted by atomic mass is 16.5. The van der Waals surface area contributed by atoms with E-state index in [0.717, 1.165) is 36.1 Å². The Bertz CT molecular complexity index is 1030. The van der Waals surface area contributed by atoms with Crippen LogP contribution in [0.5, 0.6) is 0 Å². The Balaban J connectivity index is 1.43. The molecule has 0 spiro atoms. The fraction of sp³-hybridized carbons (Fsp3) is 0.316. The Hall–Kier alpha value is -3.29. The van der Waals surface area contributed by atoms with Crippen LogP contribution in [0.2, 0.25) is 0 Å². The van der Waals surface area contributed by atoms with Crippen molar-refractivity contribution in [3.63, 3.8) is 0 Å². The molecule has 0 saturated heterocycles. The van der Waals surface area contributed by atoms with Crippen LogP contribution in [0.15, 0.2) is 45.7 Å². The quantitative estimate of drug-likeness (QED) is 0.738. The summed E-state index contributed by atoms with van der Waals surface area (Å²) in [6.45, 7) is 1.73. The van der Waals surface area contributed by atoms with Crippen LogP contribution in [0, 0.1) is 0 Å². The highest BCUT2D eigenvalue weighted by Gasteiger charge is 2.21. The molecule has 1 aliphatic rings. The minimum absolute atomic E-state index is 0.0860. The molecule has 0 saturated carbocycles. The number of hydrogen-bond donors (Lipinski definition) is 1. The van der Waals surface area contributed by atoms with Crippen LogP contribution >= 0.6 is 0 Å². The topological polar surface area (TPSA) is 103 Å². The third kappa shape index (κ3) is 3.51. The zero-order valence-corrected chi connectivity index (χ0v) is 14.9. The number of carbonyl (C=O) groups is 1. The van der Waals surface area contributed by atoms with Crippen molar-refractivity contribution in [3.05, 3.63) is 63.9 Å². The van der Waals surface area contributed by atoms with E-state index >= 15 is 0 Å². The fourth-order valence-electron chi connectivity index (χ4n) is 3.15. The number of amides is 1. The largest absolute Gasteiger partial charge is 0.345 e. The van der Waals surface area contributed by atoms with Gasteiger partial charge in [-0.05, 0) is 31.7 Å². The lowest BCUT2D eigenvalue weighted by Crippen LogP contribution is -2.37. The van der Waals surface area contributed by atoms with E-state index in [2.05, 4.69) is 20.6 Å². The molecule has 8 nitrogen and oxygen atoms in total. The molecular formula is C19H19N5O3. The predicted molar refractivity (Wildman–Crippen MR) is 96.8 cm³/mol. The van der Waals surface area contributed by atoms with Crippen molar-refractivity contribution in [2.75, 3.05) is 0 Å². The maximum absolute atomic E-state index is 12.4. The molecular weight excluding hydrogens is 346 g/mol. The van der Waals surface area contributed by atoms with E-state index in [1.54, 1.807) is 13.0 Å². The van der Waals surface area contributed by atoms with Crippen molar-refractivity contribution in [2.45, 2.75) is 38.8 Å². The molecule has 4 rings (SSSR count). The molecule has 1 aliphatic carbocycles. The van der Waals surface area contributed by atoms with Gasteiger partial charge in [0.2, 0.25) is 17.6 Å². The van der Waals surface area contributed by atoms with E-state index in [0.29, 0.717) is 11.7 Å². The van der Waals surface area contributed by atoms with Crippen molar-refractivity contribution in [3.8, 4) is 11.4 Å². The fourth-order valence-corrected chi connectivity index (χ4v) is 3.15. The molecule has 2 aromatic heterocycles. The summed E-state index contributed by atoms with van der Waals surface area (Å²) < 4.78 is 6.42. The van der Waals surface area contributed by atoms with Crippen LogP contribution in [-0.4, -0.2) is 25.8 Å². The summed E-state index contributed by atoms with van der Waals surface area (Å²) in [5.41, 5.74) is 2.46. The average molecular weight is 365 g/mol. The summed E-state index contributed by atoms with van der Waals surface area (Å²) in [7, 11) is 0. The highest BCUT2D eigenvalue weighted by Crippen LogP contribution is 2.18. The number of rotatable bonds is 5. The first-order valence-corrected chi connectivity index (χ1v) is 8.89. The molecule has 1 N–H and O–H groups in total. The molecule has 3 aromatic rings. The van der Waals surface area contributed by atoms with Gasteiger partial charge >= 0.3 is 0 Å². The first-order chi connectivity index (χ1) is 13.1. The summed E-state index contributed by atoms with van der Waals surface area (Å²) in [4.78, 5) is 29.0. The van der Waals surface area contributed by atoms with Crippen LogP contribution in [0.3, 0.4) is 0 Å². The van der Waals surface area contributed by atoms with Crippen LogP contribution in [0.4, 0.5) is 0 Å². The third-order valence-corrected chi connectivity index (χ3v) is 4.64. The van der Waals surface area contributed by atoms with Gasteiger partial charge in [-0.25, -0.2) is 4.68 Å². The number of nitrogens with one attached hydrogen (secondary N) is 1. The normalized spacial score (nSPS) is 14.0. The molecule has 0 radical (unpaired) electrons. The maximum atomic E-state index is 12.4. The minimum Gasteiger partial charge on any atom is -0.345 e. The van der Waals surface area contributed by atoms with Gasteiger partial charge in [-0.3, -0.25) is 9.59 Å². The number of carbonyl (C=O) groups excluding carboxylic acids is 1. The lowest BCUT2D eigenvalue weighted by atomic mass is 10.2. The minimum atomic E-state index is -0.722. The Morgan fingerprint density at radius 1 is 1.30 bits per heavy atom. The first-order valence-electron chi connectivity index (χ1n) is 8.89. The number of aromatic nitrogens is 4. The summed E-state index contributed by atoms with van der Waals surface area (Å²) in [5.74, 6) is 0.426. The second-order valence-corrected chi connectivity index (χ2v) is 6.52.